The van der Waals surface area contributed by atoms with E-state index in [9.17, 15) is 0 Å². The van der Waals surface area contributed by atoms with E-state index in [1.807, 2.05) is 30.3 Å². The third-order valence-electron chi connectivity index (χ3n) is 3.98. The molecule has 25 heavy (non-hydrogen) atoms. The lowest BCUT2D eigenvalue weighted by molar-refractivity contribution is 1.00. The van der Waals surface area contributed by atoms with Crippen molar-refractivity contribution >= 4 is 29.1 Å². The first-order valence-corrected chi connectivity index (χ1v) is 8.64. The van der Waals surface area contributed by atoms with Crippen molar-refractivity contribution in [1.29, 1.82) is 0 Å². The monoisotopic (exact) mass is 352 g/mol. The summed E-state index contributed by atoms with van der Waals surface area (Å²) in [7, 11) is 0. The summed E-state index contributed by atoms with van der Waals surface area (Å²) in [6, 6.07) is 16.0. The number of hydrogen-bond donors (Lipinski definition) is 2. The number of rotatable bonds is 6. The lowest BCUT2D eigenvalue weighted by Crippen LogP contribution is -2.08. The van der Waals surface area contributed by atoms with Gasteiger partial charge in [0.05, 0.1) is 0 Å². The lowest BCUT2D eigenvalue weighted by atomic mass is 10.1. The molecular formula is C20H21ClN4. The molecule has 0 aliphatic carbocycles. The Balaban J connectivity index is 1.63. The van der Waals surface area contributed by atoms with Crippen LogP contribution in [0.15, 0.2) is 54.7 Å². The summed E-state index contributed by atoms with van der Waals surface area (Å²) >= 11 is 6.01. The molecule has 4 nitrogen and oxygen atoms in total. The van der Waals surface area contributed by atoms with E-state index in [1.54, 1.807) is 6.20 Å². The second kappa shape index (κ2) is 7.99. The van der Waals surface area contributed by atoms with Gasteiger partial charge in [0.25, 0.3) is 0 Å². The largest absolute Gasteiger partial charge is 0.370 e. The van der Waals surface area contributed by atoms with Crippen molar-refractivity contribution in [3.8, 4) is 0 Å². The predicted octanol–water partition coefficient (Wildman–Crippen LogP) is 5.15. The zero-order chi connectivity index (χ0) is 17.6. The minimum absolute atomic E-state index is 0.588. The fourth-order valence-corrected chi connectivity index (χ4v) is 2.88. The molecule has 0 aliphatic heterocycles. The summed E-state index contributed by atoms with van der Waals surface area (Å²) < 4.78 is 0. The van der Waals surface area contributed by atoms with E-state index in [-0.39, 0.29) is 0 Å². The summed E-state index contributed by atoms with van der Waals surface area (Å²) in [5, 5.41) is 7.41. The Labute approximate surface area is 153 Å². The Morgan fingerprint density at radius 1 is 1.00 bits per heavy atom. The van der Waals surface area contributed by atoms with Crippen molar-refractivity contribution in [3.05, 3.63) is 76.4 Å². The van der Waals surface area contributed by atoms with Crippen molar-refractivity contribution in [3.63, 3.8) is 0 Å². The van der Waals surface area contributed by atoms with Gasteiger partial charge in [0.2, 0.25) is 5.95 Å². The Kier molecular flexibility index (Phi) is 5.51. The fourth-order valence-electron chi connectivity index (χ4n) is 2.67. The van der Waals surface area contributed by atoms with Gasteiger partial charge in [-0.25, -0.2) is 4.98 Å². The van der Waals surface area contributed by atoms with Crippen molar-refractivity contribution in [2.24, 2.45) is 0 Å². The summed E-state index contributed by atoms with van der Waals surface area (Å²) in [6.07, 6.45) is 2.63. The average Bonchev–Trinajstić information content (AvgIpc) is 2.59. The van der Waals surface area contributed by atoms with E-state index in [4.69, 9.17) is 11.6 Å². The normalized spacial score (nSPS) is 10.5. The van der Waals surface area contributed by atoms with Crippen LogP contribution < -0.4 is 10.6 Å². The summed E-state index contributed by atoms with van der Waals surface area (Å²) in [5.74, 6) is 1.39. The van der Waals surface area contributed by atoms with Crippen LogP contribution in [0.25, 0.3) is 0 Å². The van der Waals surface area contributed by atoms with Gasteiger partial charge in [-0.3, -0.25) is 0 Å². The molecule has 2 N–H and O–H groups in total. The number of aryl methyl sites for hydroxylation is 2. The van der Waals surface area contributed by atoms with Gasteiger partial charge < -0.3 is 10.6 Å². The standard InChI is InChI=1S/C20H21ClN4/c1-14-5-3-6-15(2)19(14)25-20-23-12-10-18(24-20)22-11-9-16-7-4-8-17(21)13-16/h3-8,10,12-13H,9,11H2,1-2H3,(H2,22,23,24,25). The van der Waals surface area contributed by atoms with E-state index in [0.717, 1.165) is 29.5 Å². The molecule has 2 aromatic carbocycles. The van der Waals surface area contributed by atoms with E-state index in [1.165, 1.54) is 16.7 Å². The van der Waals surface area contributed by atoms with Gasteiger partial charge in [-0.05, 0) is 55.2 Å². The number of hydrogen-bond acceptors (Lipinski definition) is 4. The third kappa shape index (κ3) is 4.70. The summed E-state index contributed by atoms with van der Waals surface area (Å²) in [4.78, 5) is 8.85. The second-order valence-electron chi connectivity index (χ2n) is 5.96. The third-order valence-corrected chi connectivity index (χ3v) is 4.22. The number of halogens is 1. The van der Waals surface area contributed by atoms with Crippen LogP contribution >= 0.6 is 11.6 Å². The number of para-hydroxylation sites is 1. The fraction of sp³-hybridized carbons (Fsp3) is 0.200. The van der Waals surface area contributed by atoms with Crippen LogP contribution in [0.1, 0.15) is 16.7 Å². The maximum Gasteiger partial charge on any atom is 0.229 e. The molecule has 0 radical (unpaired) electrons. The summed E-state index contributed by atoms with van der Waals surface area (Å²) in [6.45, 7) is 4.92. The second-order valence-corrected chi connectivity index (χ2v) is 6.40. The number of nitrogens with one attached hydrogen (secondary N) is 2. The quantitative estimate of drug-likeness (QED) is 0.644. The Hall–Kier alpha value is -2.59. The molecule has 128 valence electrons. The van der Waals surface area contributed by atoms with Crippen LogP contribution in [0.3, 0.4) is 0 Å². The first-order chi connectivity index (χ1) is 12.1. The highest BCUT2D eigenvalue weighted by atomic mass is 35.5. The van der Waals surface area contributed by atoms with Gasteiger partial charge in [-0.15, -0.1) is 0 Å². The Morgan fingerprint density at radius 3 is 2.52 bits per heavy atom. The number of aromatic nitrogens is 2. The van der Waals surface area contributed by atoms with Crippen molar-refractivity contribution in [1.82, 2.24) is 9.97 Å². The molecule has 0 amide bonds. The molecule has 0 fully saturated rings. The molecule has 0 unspecified atom stereocenters. The first-order valence-electron chi connectivity index (χ1n) is 8.26. The van der Waals surface area contributed by atoms with Crippen molar-refractivity contribution < 1.29 is 0 Å². The number of benzene rings is 2. The predicted molar refractivity (Wildman–Crippen MR) is 105 cm³/mol. The molecular weight excluding hydrogens is 332 g/mol. The molecule has 5 heteroatoms. The molecule has 0 spiro atoms. The topological polar surface area (TPSA) is 49.8 Å². The maximum atomic E-state index is 6.01. The molecule has 1 aromatic heterocycles. The zero-order valence-corrected chi connectivity index (χ0v) is 15.1. The van der Waals surface area contributed by atoms with Gasteiger partial charge in [0.1, 0.15) is 5.82 Å². The minimum Gasteiger partial charge on any atom is -0.370 e. The highest BCUT2D eigenvalue weighted by Gasteiger charge is 2.05. The van der Waals surface area contributed by atoms with E-state index >= 15 is 0 Å². The minimum atomic E-state index is 0.588. The van der Waals surface area contributed by atoms with Crippen LogP contribution in [0.4, 0.5) is 17.5 Å². The lowest BCUT2D eigenvalue weighted by Gasteiger charge is -2.12. The Bertz CT molecular complexity index is 844. The van der Waals surface area contributed by atoms with Crippen LogP contribution in [0, 0.1) is 13.8 Å². The van der Waals surface area contributed by atoms with Crippen LogP contribution in [-0.4, -0.2) is 16.5 Å². The van der Waals surface area contributed by atoms with Gasteiger partial charge >= 0.3 is 0 Å². The Morgan fingerprint density at radius 2 is 1.76 bits per heavy atom. The van der Waals surface area contributed by atoms with E-state index in [2.05, 4.69) is 52.6 Å². The first kappa shape index (κ1) is 17.2. The summed E-state index contributed by atoms with van der Waals surface area (Å²) in [5.41, 5.74) is 4.59. The van der Waals surface area contributed by atoms with Crippen LogP contribution in [0.2, 0.25) is 5.02 Å². The molecule has 3 rings (SSSR count). The SMILES string of the molecule is Cc1cccc(C)c1Nc1nccc(NCCc2cccc(Cl)c2)n1. The van der Waals surface area contributed by atoms with Crippen molar-refractivity contribution in [2.75, 3.05) is 17.2 Å². The van der Waals surface area contributed by atoms with Gasteiger partial charge in [0.15, 0.2) is 0 Å². The molecule has 0 atom stereocenters. The number of nitrogens with zero attached hydrogens (tertiary/aromatic N) is 2. The molecule has 0 aliphatic rings. The van der Waals surface area contributed by atoms with Gasteiger partial charge in [0, 0.05) is 23.5 Å². The van der Waals surface area contributed by atoms with Crippen molar-refractivity contribution in [2.45, 2.75) is 20.3 Å². The smallest absolute Gasteiger partial charge is 0.229 e. The van der Waals surface area contributed by atoms with Crippen LogP contribution in [0.5, 0.6) is 0 Å². The van der Waals surface area contributed by atoms with E-state index in [0.29, 0.717) is 5.95 Å². The number of anilines is 3. The molecule has 0 saturated carbocycles. The molecule has 3 aromatic rings. The highest BCUT2D eigenvalue weighted by molar-refractivity contribution is 6.30. The van der Waals surface area contributed by atoms with Gasteiger partial charge in [-0.1, -0.05) is 41.9 Å². The maximum absolute atomic E-state index is 6.01. The van der Waals surface area contributed by atoms with Gasteiger partial charge in [-0.2, -0.15) is 4.98 Å². The zero-order valence-electron chi connectivity index (χ0n) is 14.4. The average molecular weight is 353 g/mol. The molecule has 0 bridgehead atoms. The highest BCUT2D eigenvalue weighted by Crippen LogP contribution is 2.22. The van der Waals surface area contributed by atoms with E-state index < -0.39 is 0 Å². The molecule has 0 saturated heterocycles. The molecule has 1 heterocycles. The van der Waals surface area contributed by atoms with Crippen LogP contribution in [-0.2, 0) is 6.42 Å².